The van der Waals surface area contributed by atoms with E-state index < -0.39 is 21.0 Å². The summed E-state index contributed by atoms with van der Waals surface area (Å²) in [7, 11) is -3.89. The number of benzene rings is 1. The van der Waals surface area contributed by atoms with E-state index in [1.54, 1.807) is 0 Å². The Hall–Kier alpha value is -1.22. The monoisotopic (exact) mass is 334 g/mol. The van der Waals surface area contributed by atoms with Crippen LogP contribution in [0.5, 0.6) is 0 Å². The quantitative estimate of drug-likeness (QED) is 0.666. The van der Waals surface area contributed by atoms with Crippen LogP contribution in [0.25, 0.3) is 0 Å². The lowest BCUT2D eigenvalue weighted by atomic mass is 10.0. The van der Waals surface area contributed by atoms with Crippen molar-refractivity contribution in [1.82, 2.24) is 4.31 Å². The summed E-state index contributed by atoms with van der Waals surface area (Å²) in [5, 5.41) is 19.8. The van der Waals surface area contributed by atoms with Gasteiger partial charge in [0.05, 0.1) is 22.6 Å². The second-order valence-corrected chi connectivity index (χ2v) is 7.27. The molecule has 1 aromatic carbocycles. The topological polar surface area (TPSA) is 101 Å². The van der Waals surface area contributed by atoms with Crippen LogP contribution in [0.4, 0.5) is 5.69 Å². The molecular weight excluding hydrogens is 320 g/mol. The molecule has 1 fully saturated rings. The minimum atomic E-state index is -3.89. The number of nitro groups is 1. The minimum Gasteiger partial charge on any atom is -0.395 e. The lowest BCUT2D eigenvalue weighted by Gasteiger charge is -2.24. The number of aliphatic hydroxyl groups is 1. The molecule has 1 N–H and O–H groups in total. The summed E-state index contributed by atoms with van der Waals surface area (Å²) in [4.78, 5) is 9.85. The Morgan fingerprint density at radius 2 is 2.19 bits per heavy atom. The molecule has 0 aromatic heterocycles. The molecule has 0 amide bonds. The van der Waals surface area contributed by atoms with E-state index in [2.05, 4.69) is 0 Å². The van der Waals surface area contributed by atoms with Crippen LogP contribution in [-0.4, -0.2) is 41.9 Å². The summed E-state index contributed by atoms with van der Waals surface area (Å²) >= 11 is 5.89. The van der Waals surface area contributed by atoms with Gasteiger partial charge in [0.15, 0.2) is 0 Å². The van der Waals surface area contributed by atoms with E-state index in [4.69, 9.17) is 11.6 Å². The zero-order valence-corrected chi connectivity index (χ0v) is 12.8. The summed E-state index contributed by atoms with van der Waals surface area (Å²) in [5.41, 5.74) is -0.271. The summed E-state index contributed by atoms with van der Waals surface area (Å²) < 4.78 is 26.4. The fourth-order valence-corrected chi connectivity index (χ4v) is 4.72. The Morgan fingerprint density at radius 3 is 2.71 bits per heavy atom. The Labute approximate surface area is 127 Å². The highest BCUT2D eigenvalue weighted by Crippen LogP contribution is 2.34. The molecule has 1 aliphatic heterocycles. The van der Waals surface area contributed by atoms with Crippen molar-refractivity contribution in [2.24, 2.45) is 5.92 Å². The standard InChI is InChI=1S/C12H15ClN2O5S/c1-8-4-5-14(11(8)7-16)21(19,20)12-3-2-9(15(17)18)6-10(12)13/h2-3,6,8,11,16H,4-5,7H2,1H3. The first-order chi connectivity index (χ1) is 9.78. The van der Waals surface area contributed by atoms with E-state index >= 15 is 0 Å². The first-order valence-corrected chi connectivity index (χ1v) is 8.17. The number of sulfonamides is 1. The molecule has 0 aliphatic carbocycles. The zero-order chi connectivity index (χ0) is 15.8. The van der Waals surface area contributed by atoms with Gasteiger partial charge in [-0.3, -0.25) is 10.1 Å². The van der Waals surface area contributed by atoms with Crippen molar-refractivity contribution in [3.05, 3.63) is 33.3 Å². The van der Waals surface area contributed by atoms with Crippen molar-refractivity contribution >= 4 is 27.3 Å². The minimum absolute atomic E-state index is 0.0431. The first-order valence-electron chi connectivity index (χ1n) is 6.35. The van der Waals surface area contributed by atoms with E-state index in [0.29, 0.717) is 13.0 Å². The summed E-state index contributed by atoms with van der Waals surface area (Å²) in [6.07, 6.45) is 0.648. The Balaban J connectivity index is 2.43. The number of halogens is 1. The molecule has 21 heavy (non-hydrogen) atoms. The van der Waals surface area contributed by atoms with Gasteiger partial charge in [-0.2, -0.15) is 4.31 Å². The lowest BCUT2D eigenvalue weighted by molar-refractivity contribution is -0.384. The van der Waals surface area contributed by atoms with Gasteiger partial charge in [-0.25, -0.2) is 8.42 Å². The van der Waals surface area contributed by atoms with Crippen LogP contribution in [0.3, 0.4) is 0 Å². The third-order valence-electron chi connectivity index (χ3n) is 3.73. The predicted octanol–water partition coefficient (Wildman–Crippen LogP) is 1.64. The highest BCUT2D eigenvalue weighted by Gasteiger charge is 2.40. The van der Waals surface area contributed by atoms with Crippen LogP contribution in [-0.2, 0) is 10.0 Å². The smallest absolute Gasteiger partial charge is 0.271 e. The number of nitro benzene ring substituents is 1. The van der Waals surface area contributed by atoms with Gasteiger partial charge < -0.3 is 5.11 Å². The fourth-order valence-electron chi connectivity index (χ4n) is 2.48. The fraction of sp³-hybridized carbons (Fsp3) is 0.500. The van der Waals surface area contributed by atoms with E-state index in [0.717, 1.165) is 18.2 Å². The van der Waals surface area contributed by atoms with Crippen LogP contribution >= 0.6 is 11.6 Å². The van der Waals surface area contributed by atoms with Crippen molar-refractivity contribution in [2.75, 3.05) is 13.2 Å². The molecular formula is C12H15ClN2O5S. The molecule has 0 bridgehead atoms. The molecule has 2 rings (SSSR count). The van der Waals surface area contributed by atoms with Crippen LogP contribution in [0.1, 0.15) is 13.3 Å². The molecule has 2 atom stereocenters. The molecule has 2 unspecified atom stereocenters. The van der Waals surface area contributed by atoms with Crippen molar-refractivity contribution in [3.8, 4) is 0 Å². The maximum atomic E-state index is 12.6. The zero-order valence-electron chi connectivity index (χ0n) is 11.3. The third kappa shape index (κ3) is 2.89. The number of aliphatic hydroxyl groups excluding tert-OH is 1. The number of hydrogen-bond acceptors (Lipinski definition) is 5. The second kappa shape index (κ2) is 5.88. The normalized spacial score (nSPS) is 23.4. The molecule has 7 nitrogen and oxygen atoms in total. The van der Waals surface area contributed by atoms with Gasteiger partial charge in [-0.05, 0) is 18.4 Å². The van der Waals surface area contributed by atoms with Crippen LogP contribution in [0, 0.1) is 16.0 Å². The van der Waals surface area contributed by atoms with E-state index in [1.807, 2.05) is 6.92 Å². The average molecular weight is 335 g/mol. The second-order valence-electron chi connectivity index (χ2n) is 5.00. The van der Waals surface area contributed by atoms with Crippen molar-refractivity contribution in [2.45, 2.75) is 24.3 Å². The van der Waals surface area contributed by atoms with Gasteiger partial charge in [0.1, 0.15) is 4.90 Å². The largest absolute Gasteiger partial charge is 0.395 e. The van der Waals surface area contributed by atoms with Gasteiger partial charge in [0, 0.05) is 18.7 Å². The van der Waals surface area contributed by atoms with Gasteiger partial charge in [0.2, 0.25) is 10.0 Å². The molecule has 1 aromatic rings. The van der Waals surface area contributed by atoms with Crippen LogP contribution in [0.15, 0.2) is 23.1 Å². The molecule has 0 radical (unpaired) electrons. The Morgan fingerprint density at radius 1 is 1.52 bits per heavy atom. The van der Waals surface area contributed by atoms with Gasteiger partial charge >= 0.3 is 0 Å². The Bertz CT molecular complexity index is 664. The van der Waals surface area contributed by atoms with Gasteiger partial charge in [-0.15, -0.1) is 0 Å². The number of nitrogens with zero attached hydrogens (tertiary/aromatic N) is 2. The molecule has 116 valence electrons. The summed E-state index contributed by atoms with van der Waals surface area (Å²) in [6, 6.07) is 2.75. The SMILES string of the molecule is CC1CCN(S(=O)(=O)c2ccc([N+](=O)[O-])cc2Cl)C1CO. The summed E-state index contributed by atoms with van der Waals surface area (Å²) in [5.74, 6) is 0.0431. The predicted molar refractivity (Wildman–Crippen MR) is 76.7 cm³/mol. The lowest BCUT2D eigenvalue weighted by Crippen LogP contribution is -2.39. The van der Waals surface area contributed by atoms with E-state index in [-0.39, 0.29) is 28.1 Å². The molecule has 1 aliphatic rings. The number of non-ortho nitro benzene ring substituents is 1. The third-order valence-corrected chi connectivity index (χ3v) is 6.14. The highest BCUT2D eigenvalue weighted by molar-refractivity contribution is 7.89. The first kappa shape index (κ1) is 16.2. The number of rotatable bonds is 4. The summed E-state index contributed by atoms with van der Waals surface area (Å²) in [6.45, 7) is 1.89. The van der Waals surface area contributed by atoms with Gasteiger partial charge in [-0.1, -0.05) is 18.5 Å². The molecule has 1 heterocycles. The molecule has 0 saturated carbocycles. The highest BCUT2D eigenvalue weighted by atomic mass is 35.5. The van der Waals surface area contributed by atoms with Crippen molar-refractivity contribution in [1.29, 1.82) is 0 Å². The average Bonchev–Trinajstić information content (AvgIpc) is 2.79. The molecule has 9 heteroatoms. The van der Waals surface area contributed by atoms with Crippen molar-refractivity contribution < 1.29 is 18.4 Å². The Kier molecular flexibility index (Phi) is 4.52. The maximum absolute atomic E-state index is 12.6. The van der Waals surface area contributed by atoms with E-state index in [1.165, 1.54) is 4.31 Å². The van der Waals surface area contributed by atoms with Crippen molar-refractivity contribution in [3.63, 3.8) is 0 Å². The maximum Gasteiger partial charge on any atom is 0.271 e. The van der Waals surface area contributed by atoms with Gasteiger partial charge in [0.25, 0.3) is 5.69 Å². The number of hydrogen-bond donors (Lipinski definition) is 1. The molecule has 1 saturated heterocycles. The van der Waals surface area contributed by atoms with E-state index in [9.17, 15) is 23.6 Å². The molecule has 0 spiro atoms. The van der Waals surface area contributed by atoms with Crippen LogP contribution < -0.4 is 0 Å². The van der Waals surface area contributed by atoms with Crippen LogP contribution in [0.2, 0.25) is 5.02 Å².